The molecule has 0 aromatic carbocycles. The Morgan fingerprint density at radius 3 is 1.65 bits per heavy atom. The Morgan fingerprint density at radius 2 is 1.30 bits per heavy atom. The van der Waals surface area contributed by atoms with E-state index in [9.17, 15) is 0 Å². The summed E-state index contributed by atoms with van der Waals surface area (Å²) >= 11 is 0. The Bertz CT molecular complexity index is 568. The third-order valence-corrected chi connectivity index (χ3v) is 8.83. The summed E-state index contributed by atoms with van der Waals surface area (Å²) in [4.78, 5) is 0. The van der Waals surface area contributed by atoms with E-state index in [2.05, 4.69) is 32.6 Å². The molecule has 4 fully saturated rings. The molecular weight excluding hydrogens is 276 g/mol. The van der Waals surface area contributed by atoms with Gasteiger partial charge in [0.2, 0.25) is 0 Å². The molecule has 0 spiro atoms. The summed E-state index contributed by atoms with van der Waals surface area (Å²) < 4.78 is 0. The number of allylic oxidation sites excluding steroid dienone is 5. The van der Waals surface area contributed by atoms with E-state index in [-0.39, 0.29) is 0 Å². The topological polar surface area (TPSA) is 0 Å². The van der Waals surface area contributed by atoms with Crippen molar-refractivity contribution in [3.05, 3.63) is 35.5 Å². The van der Waals surface area contributed by atoms with Crippen molar-refractivity contribution in [2.24, 2.45) is 34.5 Å². The third kappa shape index (κ3) is 1.84. The smallest absolute Gasteiger partial charge is 0.00415 e. The Labute approximate surface area is 142 Å². The molecule has 0 radical (unpaired) electrons. The van der Waals surface area contributed by atoms with E-state index in [1.807, 2.05) is 0 Å². The number of hydrogen-bond donors (Lipinski definition) is 0. The van der Waals surface area contributed by atoms with Crippen LogP contribution in [-0.2, 0) is 0 Å². The molecule has 0 heterocycles. The van der Waals surface area contributed by atoms with Gasteiger partial charge in [-0.05, 0) is 96.2 Å². The Hall–Kier alpha value is -0.780. The SMILES string of the molecule is C=C1C(C2(C)CC3CCC2C3)=CCC=C1C1(C)CC2CCC1C2. The molecule has 0 aromatic heterocycles. The average molecular weight is 309 g/mol. The standard InChI is InChI=1S/C23H32/c1-15-20(22(2)13-16-7-9-18(22)11-16)5-4-6-21(15)23(3)14-17-8-10-19(23)12-17/h5-6,16-19H,1,4,7-14H2,2-3H3. The molecule has 23 heavy (non-hydrogen) atoms. The van der Waals surface area contributed by atoms with Crippen molar-refractivity contribution < 1.29 is 0 Å². The lowest BCUT2D eigenvalue weighted by atomic mass is 9.60. The normalized spacial score (nSPS) is 51.3. The summed E-state index contributed by atoms with van der Waals surface area (Å²) in [6, 6.07) is 0. The molecule has 6 unspecified atom stereocenters. The van der Waals surface area contributed by atoms with E-state index >= 15 is 0 Å². The highest BCUT2D eigenvalue weighted by Crippen LogP contribution is 2.65. The summed E-state index contributed by atoms with van der Waals surface area (Å²) in [5.41, 5.74) is 5.64. The minimum Gasteiger partial charge on any atom is -0.0912 e. The Morgan fingerprint density at radius 1 is 0.826 bits per heavy atom. The second kappa shape index (κ2) is 4.64. The molecule has 4 bridgehead atoms. The maximum Gasteiger partial charge on any atom is -0.00415 e. The van der Waals surface area contributed by atoms with Crippen molar-refractivity contribution in [3.63, 3.8) is 0 Å². The van der Waals surface area contributed by atoms with Crippen molar-refractivity contribution in [1.29, 1.82) is 0 Å². The van der Waals surface area contributed by atoms with Crippen LogP contribution in [0.3, 0.4) is 0 Å². The minimum atomic E-state index is 0.438. The maximum absolute atomic E-state index is 4.69. The quantitative estimate of drug-likeness (QED) is 0.549. The Balaban J connectivity index is 1.46. The third-order valence-electron chi connectivity index (χ3n) is 8.83. The van der Waals surface area contributed by atoms with Crippen LogP contribution in [0.1, 0.15) is 71.6 Å². The summed E-state index contributed by atoms with van der Waals surface area (Å²) in [7, 11) is 0. The lowest BCUT2D eigenvalue weighted by Crippen LogP contribution is -2.33. The first-order valence-corrected chi connectivity index (χ1v) is 10.1. The molecule has 0 aromatic rings. The first-order valence-electron chi connectivity index (χ1n) is 10.1. The van der Waals surface area contributed by atoms with E-state index < -0.39 is 0 Å². The first-order chi connectivity index (χ1) is 11.0. The predicted molar refractivity (Wildman–Crippen MR) is 97.0 cm³/mol. The number of fused-ring (bicyclic) bond motifs is 4. The zero-order chi connectivity index (χ0) is 15.8. The molecule has 0 nitrogen and oxygen atoms in total. The fourth-order valence-corrected chi connectivity index (χ4v) is 7.71. The van der Waals surface area contributed by atoms with Gasteiger partial charge in [0.15, 0.2) is 0 Å². The van der Waals surface area contributed by atoms with Gasteiger partial charge in [0.1, 0.15) is 0 Å². The van der Waals surface area contributed by atoms with E-state index in [1.165, 1.54) is 56.9 Å². The second-order valence-corrected chi connectivity index (χ2v) is 9.95. The van der Waals surface area contributed by atoms with Crippen LogP contribution in [0.2, 0.25) is 0 Å². The highest BCUT2D eigenvalue weighted by molar-refractivity contribution is 5.55. The molecule has 0 amide bonds. The van der Waals surface area contributed by atoms with Crippen LogP contribution in [0.5, 0.6) is 0 Å². The predicted octanol–water partition coefficient (Wildman–Crippen LogP) is 6.45. The van der Waals surface area contributed by atoms with Crippen molar-refractivity contribution in [1.82, 2.24) is 0 Å². The number of rotatable bonds is 2. The summed E-state index contributed by atoms with van der Waals surface area (Å²) in [5, 5.41) is 0. The molecule has 6 atom stereocenters. The van der Waals surface area contributed by atoms with Crippen LogP contribution < -0.4 is 0 Å². The van der Waals surface area contributed by atoms with E-state index in [0.29, 0.717) is 10.8 Å². The molecule has 0 heteroatoms. The van der Waals surface area contributed by atoms with Crippen molar-refractivity contribution in [2.75, 3.05) is 0 Å². The van der Waals surface area contributed by atoms with Gasteiger partial charge in [-0.3, -0.25) is 0 Å². The summed E-state index contributed by atoms with van der Waals surface area (Å²) in [6.07, 6.45) is 18.0. The van der Waals surface area contributed by atoms with Gasteiger partial charge in [-0.15, -0.1) is 0 Å². The first kappa shape index (κ1) is 14.6. The van der Waals surface area contributed by atoms with E-state index in [1.54, 1.807) is 11.1 Å². The van der Waals surface area contributed by atoms with Crippen LogP contribution in [-0.4, -0.2) is 0 Å². The van der Waals surface area contributed by atoms with Gasteiger partial charge in [-0.2, -0.15) is 0 Å². The average Bonchev–Trinajstić information content (AvgIpc) is 3.26. The molecule has 0 N–H and O–H groups in total. The van der Waals surface area contributed by atoms with Gasteiger partial charge in [-0.25, -0.2) is 0 Å². The molecule has 0 saturated heterocycles. The monoisotopic (exact) mass is 308 g/mol. The van der Waals surface area contributed by atoms with Crippen LogP contribution in [0.4, 0.5) is 0 Å². The van der Waals surface area contributed by atoms with E-state index in [0.717, 1.165) is 30.1 Å². The molecular formula is C23H32. The van der Waals surface area contributed by atoms with Gasteiger partial charge in [0.25, 0.3) is 0 Å². The van der Waals surface area contributed by atoms with Gasteiger partial charge in [-0.1, -0.05) is 45.4 Å². The van der Waals surface area contributed by atoms with Crippen LogP contribution in [0, 0.1) is 34.5 Å². The molecule has 124 valence electrons. The molecule has 4 saturated carbocycles. The summed E-state index contributed by atoms with van der Waals surface area (Å²) in [5.74, 6) is 3.88. The van der Waals surface area contributed by atoms with Crippen LogP contribution in [0.15, 0.2) is 35.5 Å². The van der Waals surface area contributed by atoms with Crippen LogP contribution in [0.25, 0.3) is 0 Å². The largest absolute Gasteiger partial charge is 0.0912 e. The Kier molecular flexibility index (Phi) is 2.94. The highest BCUT2D eigenvalue weighted by atomic mass is 14.6. The zero-order valence-electron chi connectivity index (χ0n) is 15.0. The minimum absolute atomic E-state index is 0.438. The van der Waals surface area contributed by atoms with Gasteiger partial charge < -0.3 is 0 Å². The molecule has 5 rings (SSSR count). The van der Waals surface area contributed by atoms with Gasteiger partial charge >= 0.3 is 0 Å². The van der Waals surface area contributed by atoms with Crippen LogP contribution >= 0.6 is 0 Å². The highest BCUT2D eigenvalue weighted by Gasteiger charge is 2.54. The lowest BCUT2D eigenvalue weighted by Gasteiger charge is -2.44. The maximum atomic E-state index is 4.69. The van der Waals surface area contributed by atoms with E-state index in [4.69, 9.17) is 0 Å². The molecule has 0 aliphatic heterocycles. The number of hydrogen-bond acceptors (Lipinski definition) is 0. The fourth-order valence-electron chi connectivity index (χ4n) is 7.71. The van der Waals surface area contributed by atoms with Gasteiger partial charge in [0.05, 0.1) is 0 Å². The summed E-state index contributed by atoms with van der Waals surface area (Å²) in [6.45, 7) is 9.83. The van der Waals surface area contributed by atoms with Crippen molar-refractivity contribution in [2.45, 2.75) is 71.6 Å². The fraction of sp³-hybridized carbons (Fsp3) is 0.739. The molecule has 5 aliphatic carbocycles. The zero-order valence-corrected chi connectivity index (χ0v) is 15.0. The van der Waals surface area contributed by atoms with Gasteiger partial charge in [0, 0.05) is 0 Å². The molecule has 5 aliphatic rings. The second-order valence-electron chi connectivity index (χ2n) is 9.95. The van der Waals surface area contributed by atoms with Crippen molar-refractivity contribution in [3.8, 4) is 0 Å². The lowest BCUT2D eigenvalue weighted by molar-refractivity contribution is 0.228. The van der Waals surface area contributed by atoms with Crippen molar-refractivity contribution >= 4 is 0 Å².